The number of carbonyl (C=O) groups is 2. The van der Waals surface area contributed by atoms with Crippen LogP contribution in [0.15, 0.2) is 0 Å². The lowest BCUT2D eigenvalue weighted by Gasteiger charge is -2.42. The first kappa shape index (κ1) is 15.7. The molecule has 2 atom stereocenters. The lowest BCUT2D eigenvalue weighted by molar-refractivity contribution is -0.162. The van der Waals surface area contributed by atoms with Gasteiger partial charge in [-0.3, -0.25) is 9.69 Å². The molecule has 1 rings (SSSR count). The molecule has 0 aliphatic carbocycles. The van der Waals surface area contributed by atoms with Gasteiger partial charge < -0.3 is 20.5 Å². The number of nitrogens with zero attached hydrogens (tertiary/aromatic N) is 1. The van der Waals surface area contributed by atoms with Gasteiger partial charge in [-0.15, -0.1) is 0 Å². The van der Waals surface area contributed by atoms with E-state index in [4.69, 9.17) is 4.74 Å². The second-order valence-electron chi connectivity index (χ2n) is 5.48. The maximum atomic E-state index is 11.2. The lowest BCUT2D eigenvalue weighted by atomic mass is 10.0. The number of carboxylic acids is 1. The second kappa shape index (κ2) is 6.21. The Balaban J connectivity index is 2.64. The van der Waals surface area contributed by atoms with Crippen LogP contribution < -0.4 is 10.6 Å². The van der Waals surface area contributed by atoms with E-state index in [2.05, 4.69) is 10.6 Å². The highest BCUT2D eigenvalue weighted by Gasteiger charge is 2.38. The molecule has 1 aliphatic rings. The fourth-order valence-electron chi connectivity index (χ4n) is 2.17. The number of morpholine rings is 1. The van der Waals surface area contributed by atoms with Crippen LogP contribution in [0.2, 0.25) is 0 Å². The topological polar surface area (TPSA) is 90.9 Å². The number of amides is 2. The number of hydrogen-bond acceptors (Lipinski definition) is 4. The first-order valence-corrected chi connectivity index (χ1v) is 6.34. The monoisotopic (exact) mass is 273 g/mol. The zero-order chi connectivity index (χ0) is 14.6. The predicted molar refractivity (Wildman–Crippen MR) is 70.1 cm³/mol. The molecule has 110 valence electrons. The van der Waals surface area contributed by atoms with Gasteiger partial charge in [0, 0.05) is 26.2 Å². The van der Waals surface area contributed by atoms with Crippen LogP contribution in [-0.4, -0.2) is 66.4 Å². The second-order valence-corrected chi connectivity index (χ2v) is 5.48. The van der Waals surface area contributed by atoms with Crippen molar-refractivity contribution in [3.8, 4) is 0 Å². The summed E-state index contributed by atoms with van der Waals surface area (Å²) in [5, 5.41) is 14.4. The molecule has 3 N–H and O–H groups in total. The Labute approximate surface area is 113 Å². The molecule has 1 aliphatic heterocycles. The van der Waals surface area contributed by atoms with E-state index < -0.39 is 12.0 Å². The van der Waals surface area contributed by atoms with Crippen molar-refractivity contribution < 1.29 is 19.4 Å². The first-order valence-electron chi connectivity index (χ1n) is 6.34. The number of aliphatic carboxylic acids is 1. The van der Waals surface area contributed by atoms with Gasteiger partial charge in [0.15, 0.2) is 0 Å². The summed E-state index contributed by atoms with van der Waals surface area (Å²) in [5.74, 6) is -0.900. The summed E-state index contributed by atoms with van der Waals surface area (Å²) >= 11 is 0. The van der Waals surface area contributed by atoms with Crippen LogP contribution in [0.1, 0.15) is 20.8 Å². The van der Waals surface area contributed by atoms with E-state index in [1.807, 2.05) is 25.7 Å². The summed E-state index contributed by atoms with van der Waals surface area (Å²) in [6.45, 7) is 6.84. The van der Waals surface area contributed by atoms with E-state index in [1.165, 1.54) is 0 Å². The molecule has 1 fully saturated rings. The van der Waals surface area contributed by atoms with Crippen LogP contribution in [0.25, 0.3) is 0 Å². The molecule has 0 aromatic rings. The largest absolute Gasteiger partial charge is 0.480 e. The minimum Gasteiger partial charge on any atom is -0.480 e. The Morgan fingerprint density at radius 2 is 2.16 bits per heavy atom. The molecule has 1 heterocycles. The van der Waals surface area contributed by atoms with Gasteiger partial charge >= 0.3 is 12.0 Å². The molecule has 0 saturated carbocycles. The number of hydrogen-bond donors (Lipinski definition) is 3. The van der Waals surface area contributed by atoms with E-state index in [0.717, 1.165) is 0 Å². The van der Waals surface area contributed by atoms with E-state index in [9.17, 15) is 14.7 Å². The van der Waals surface area contributed by atoms with Gasteiger partial charge in [-0.05, 0) is 20.8 Å². The molecular formula is C12H23N3O4. The molecule has 0 radical (unpaired) electrons. The minimum absolute atomic E-state index is 0.143. The average molecular weight is 273 g/mol. The number of rotatable bonds is 4. The molecule has 0 aromatic heterocycles. The van der Waals surface area contributed by atoms with E-state index in [-0.39, 0.29) is 24.3 Å². The number of carbonyl (C=O) groups excluding carboxylic acids is 1. The Morgan fingerprint density at radius 3 is 2.68 bits per heavy atom. The SMILES string of the molecule is CNC(=O)NC(C)CN1CC(C)(C)OCC1C(=O)O. The van der Waals surface area contributed by atoms with Crippen molar-refractivity contribution in [1.29, 1.82) is 0 Å². The van der Waals surface area contributed by atoms with Gasteiger partial charge in [0.05, 0.1) is 12.2 Å². The highest BCUT2D eigenvalue weighted by Crippen LogP contribution is 2.21. The van der Waals surface area contributed by atoms with Crippen molar-refractivity contribution in [3.63, 3.8) is 0 Å². The van der Waals surface area contributed by atoms with Gasteiger partial charge in [0.2, 0.25) is 0 Å². The Kier molecular flexibility index (Phi) is 5.13. The summed E-state index contributed by atoms with van der Waals surface area (Å²) in [7, 11) is 1.54. The molecule has 2 unspecified atom stereocenters. The van der Waals surface area contributed by atoms with Crippen LogP contribution >= 0.6 is 0 Å². The van der Waals surface area contributed by atoms with Crippen LogP contribution in [-0.2, 0) is 9.53 Å². The summed E-state index contributed by atoms with van der Waals surface area (Å²) in [4.78, 5) is 24.3. The highest BCUT2D eigenvalue weighted by atomic mass is 16.5. The zero-order valence-corrected chi connectivity index (χ0v) is 11.9. The summed E-state index contributed by atoms with van der Waals surface area (Å²) in [6.07, 6.45) is 0. The Morgan fingerprint density at radius 1 is 1.53 bits per heavy atom. The molecule has 7 heteroatoms. The minimum atomic E-state index is -0.900. The van der Waals surface area contributed by atoms with Crippen LogP contribution in [0.3, 0.4) is 0 Å². The van der Waals surface area contributed by atoms with Crippen molar-refractivity contribution >= 4 is 12.0 Å². The maximum absolute atomic E-state index is 11.2. The van der Waals surface area contributed by atoms with Crippen LogP contribution in [0.4, 0.5) is 4.79 Å². The van der Waals surface area contributed by atoms with Crippen molar-refractivity contribution in [1.82, 2.24) is 15.5 Å². The van der Waals surface area contributed by atoms with E-state index in [0.29, 0.717) is 13.1 Å². The number of nitrogens with one attached hydrogen (secondary N) is 2. The molecule has 19 heavy (non-hydrogen) atoms. The van der Waals surface area contributed by atoms with Gasteiger partial charge in [-0.2, -0.15) is 0 Å². The van der Waals surface area contributed by atoms with Crippen LogP contribution in [0, 0.1) is 0 Å². The third-order valence-corrected chi connectivity index (χ3v) is 3.05. The molecule has 1 saturated heterocycles. The molecule has 0 bridgehead atoms. The Bertz CT molecular complexity index is 346. The van der Waals surface area contributed by atoms with Gasteiger partial charge in [0.25, 0.3) is 0 Å². The van der Waals surface area contributed by atoms with Crippen LogP contribution in [0.5, 0.6) is 0 Å². The number of urea groups is 1. The molecular weight excluding hydrogens is 250 g/mol. The van der Waals surface area contributed by atoms with Crippen molar-refractivity contribution in [2.24, 2.45) is 0 Å². The molecule has 0 aromatic carbocycles. The van der Waals surface area contributed by atoms with E-state index >= 15 is 0 Å². The van der Waals surface area contributed by atoms with Crippen molar-refractivity contribution in [2.75, 3.05) is 26.7 Å². The third-order valence-electron chi connectivity index (χ3n) is 3.05. The lowest BCUT2D eigenvalue weighted by Crippen LogP contribution is -2.59. The Hall–Kier alpha value is -1.34. The summed E-state index contributed by atoms with van der Waals surface area (Å²) in [5.41, 5.74) is -0.376. The smallest absolute Gasteiger partial charge is 0.323 e. The normalized spacial score (nSPS) is 24.5. The van der Waals surface area contributed by atoms with Gasteiger partial charge in [0.1, 0.15) is 6.04 Å². The maximum Gasteiger partial charge on any atom is 0.323 e. The fourth-order valence-corrected chi connectivity index (χ4v) is 2.17. The number of ether oxygens (including phenoxy) is 1. The predicted octanol–water partition coefficient (Wildman–Crippen LogP) is -0.132. The molecule has 2 amide bonds. The summed E-state index contributed by atoms with van der Waals surface area (Å²) in [6, 6.07) is -1.08. The standard InChI is InChI=1S/C12H23N3O4/c1-8(14-11(18)13-4)5-15-7-12(2,3)19-6-9(15)10(16)17/h8-9H,5-7H2,1-4H3,(H,16,17)(H2,13,14,18). The van der Waals surface area contributed by atoms with Gasteiger partial charge in [-0.1, -0.05) is 0 Å². The van der Waals surface area contributed by atoms with Crippen molar-refractivity contribution in [3.05, 3.63) is 0 Å². The first-order chi connectivity index (χ1) is 8.75. The van der Waals surface area contributed by atoms with Gasteiger partial charge in [-0.25, -0.2) is 4.79 Å². The molecule has 0 spiro atoms. The highest BCUT2D eigenvalue weighted by molar-refractivity contribution is 5.74. The third kappa shape index (κ3) is 4.68. The number of carboxylic acid groups (broad SMARTS) is 1. The fraction of sp³-hybridized carbons (Fsp3) is 0.833. The summed E-state index contributed by atoms with van der Waals surface area (Å²) < 4.78 is 5.53. The van der Waals surface area contributed by atoms with E-state index in [1.54, 1.807) is 7.05 Å². The van der Waals surface area contributed by atoms with Crippen molar-refractivity contribution in [2.45, 2.75) is 38.5 Å². The zero-order valence-electron chi connectivity index (χ0n) is 11.9. The quantitative estimate of drug-likeness (QED) is 0.663. The average Bonchev–Trinajstić information content (AvgIpc) is 2.26. The molecule has 7 nitrogen and oxygen atoms in total.